The van der Waals surface area contributed by atoms with Crippen LogP contribution in [0.2, 0.25) is 0 Å². The van der Waals surface area contributed by atoms with Crippen LogP contribution in [0.5, 0.6) is 0 Å². The van der Waals surface area contributed by atoms with Gasteiger partial charge in [-0.25, -0.2) is 0 Å². The molecule has 45 heavy (non-hydrogen) atoms. The van der Waals surface area contributed by atoms with E-state index in [0.717, 1.165) is 32.4 Å². The standard InChI is InChI=1S/C38H73NO2S4/c1-4-6-8-10-12-14-16-18-20-24-32-42-44-34-26-22-29-38(40-36-37(41-38)28-31-39-3)30-23-27-35-45-43-33-25-21-19-17-15-13-11-9-7-5-2/h18-21,37,39H,4-17,22-36H2,1-3H3/b20-18-,21-19-. The molecule has 1 aliphatic rings. The Bertz CT molecular complexity index is 622. The molecule has 1 saturated heterocycles. The van der Waals surface area contributed by atoms with E-state index >= 15 is 0 Å². The zero-order valence-electron chi connectivity index (χ0n) is 29.8. The van der Waals surface area contributed by atoms with Crippen molar-refractivity contribution in [3.8, 4) is 0 Å². The van der Waals surface area contributed by atoms with Crippen molar-refractivity contribution in [2.45, 2.75) is 173 Å². The first-order valence-corrected chi connectivity index (χ1v) is 24.0. The van der Waals surface area contributed by atoms with Gasteiger partial charge in [0.1, 0.15) is 0 Å². The molecule has 0 aromatic carbocycles. The van der Waals surface area contributed by atoms with Crippen LogP contribution in [-0.2, 0) is 9.47 Å². The van der Waals surface area contributed by atoms with Gasteiger partial charge < -0.3 is 14.8 Å². The highest BCUT2D eigenvalue weighted by atomic mass is 33.1. The van der Waals surface area contributed by atoms with Gasteiger partial charge in [-0.1, -0.05) is 146 Å². The van der Waals surface area contributed by atoms with E-state index in [2.05, 4.69) is 43.5 Å². The first-order chi connectivity index (χ1) is 22.3. The first-order valence-electron chi connectivity index (χ1n) is 19.0. The van der Waals surface area contributed by atoms with Gasteiger partial charge in [0.25, 0.3) is 0 Å². The number of unbranched alkanes of at least 4 members (excludes halogenated alkanes) is 14. The molecule has 266 valence electrons. The summed E-state index contributed by atoms with van der Waals surface area (Å²) in [5.41, 5.74) is 0. The lowest BCUT2D eigenvalue weighted by Gasteiger charge is -2.28. The SMILES string of the molecule is CCCCCCCC/C=C\CCSSCCCCC1(CCCCSSCC/C=C\CCCCCCCC)OCC(CCNC)O1. The monoisotopic (exact) mass is 703 g/mol. The van der Waals surface area contributed by atoms with E-state index in [1.807, 2.05) is 50.2 Å². The fourth-order valence-corrected chi connectivity index (χ4v) is 9.87. The van der Waals surface area contributed by atoms with Crippen LogP contribution in [-0.4, -0.2) is 55.1 Å². The second-order valence-electron chi connectivity index (χ2n) is 12.7. The molecule has 1 fully saturated rings. The summed E-state index contributed by atoms with van der Waals surface area (Å²) in [5.74, 6) is 4.58. The van der Waals surface area contributed by atoms with Gasteiger partial charge >= 0.3 is 0 Å². The van der Waals surface area contributed by atoms with E-state index in [9.17, 15) is 0 Å². The lowest BCUT2D eigenvalue weighted by atomic mass is 10.0. The Labute approximate surface area is 297 Å². The summed E-state index contributed by atoms with van der Waals surface area (Å²) in [5, 5.41) is 3.27. The predicted molar refractivity (Wildman–Crippen MR) is 213 cm³/mol. The molecule has 0 aliphatic carbocycles. The molecule has 1 unspecified atom stereocenters. The highest BCUT2D eigenvalue weighted by Gasteiger charge is 2.40. The van der Waals surface area contributed by atoms with Crippen LogP contribution in [0.25, 0.3) is 0 Å². The third-order valence-electron chi connectivity index (χ3n) is 8.39. The summed E-state index contributed by atoms with van der Waals surface area (Å²) in [6, 6.07) is 0. The van der Waals surface area contributed by atoms with Crippen LogP contribution >= 0.6 is 43.2 Å². The molecule has 7 heteroatoms. The smallest absolute Gasteiger partial charge is 0.168 e. The van der Waals surface area contributed by atoms with Crippen LogP contribution in [0, 0.1) is 0 Å². The quantitative estimate of drug-likeness (QED) is 0.0399. The number of rotatable bonds is 35. The Morgan fingerprint density at radius 2 is 1.04 bits per heavy atom. The van der Waals surface area contributed by atoms with E-state index in [1.54, 1.807) is 0 Å². The van der Waals surface area contributed by atoms with Crippen LogP contribution in [0.3, 0.4) is 0 Å². The molecule has 0 amide bonds. The van der Waals surface area contributed by atoms with Crippen molar-refractivity contribution >= 4 is 43.2 Å². The van der Waals surface area contributed by atoms with Crippen LogP contribution in [0.15, 0.2) is 24.3 Å². The minimum Gasteiger partial charge on any atom is -0.347 e. The maximum Gasteiger partial charge on any atom is 0.168 e. The number of nitrogens with one attached hydrogen (secondary N) is 1. The summed E-state index contributed by atoms with van der Waals surface area (Å²) in [7, 11) is 10.2. The van der Waals surface area contributed by atoms with E-state index in [4.69, 9.17) is 9.47 Å². The Balaban J connectivity index is 2.09. The van der Waals surface area contributed by atoms with Crippen molar-refractivity contribution in [3.05, 3.63) is 24.3 Å². The van der Waals surface area contributed by atoms with Gasteiger partial charge in [0.2, 0.25) is 0 Å². The fraction of sp³-hybridized carbons (Fsp3) is 0.895. The lowest BCUT2D eigenvalue weighted by molar-refractivity contribution is -0.179. The van der Waals surface area contributed by atoms with Crippen molar-refractivity contribution in [1.29, 1.82) is 0 Å². The maximum atomic E-state index is 6.60. The average molecular weight is 704 g/mol. The Kier molecular flexibility index (Phi) is 33.7. The molecule has 1 heterocycles. The first kappa shape index (κ1) is 43.8. The zero-order chi connectivity index (χ0) is 32.4. The van der Waals surface area contributed by atoms with E-state index in [1.165, 1.54) is 151 Å². The van der Waals surface area contributed by atoms with E-state index in [0.29, 0.717) is 0 Å². The van der Waals surface area contributed by atoms with Gasteiger partial charge in [-0.3, -0.25) is 0 Å². The summed E-state index contributed by atoms with van der Waals surface area (Å²) in [6.07, 6.45) is 39.5. The van der Waals surface area contributed by atoms with Crippen LogP contribution in [0.1, 0.15) is 162 Å². The van der Waals surface area contributed by atoms with Crippen molar-refractivity contribution < 1.29 is 9.47 Å². The molecule has 1 atom stereocenters. The fourth-order valence-electron chi connectivity index (χ4n) is 5.59. The Morgan fingerprint density at radius 1 is 0.578 bits per heavy atom. The van der Waals surface area contributed by atoms with Gasteiger partial charge in [0, 0.05) is 35.9 Å². The van der Waals surface area contributed by atoms with Gasteiger partial charge in [-0.2, -0.15) is 0 Å². The summed E-state index contributed by atoms with van der Waals surface area (Å²) in [4.78, 5) is 0. The summed E-state index contributed by atoms with van der Waals surface area (Å²) < 4.78 is 13.0. The van der Waals surface area contributed by atoms with Crippen molar-refractivity contribution in [2.75, 3.05) is 43.2 Å². The lowest BCUT2D eigenvalue weighted by Crippen LogP contribution is -2.31. The second-order valence-corrected chi connectivity index (χ2v) is 18.1. The van der Waals surface area contributed by atoms with Crippen LogP contribution in [0.4, 0.5) is 0 Å². The largest absolute Gasteiger partial charge is 0.347 e. The van der Waals surface area contributed by atoms with Crippen molar-refractivity contribution in [3.63, 3.8) is 0 Å². The number of hydrogen-bond acceptors (Lipinski definition) is 7. The van der Waals surface area contributed by atoms with Crippen LogP contribution < -0.4 is 5.32 Å². The molecular formula is C38H73NO2S4. The molecule has 0 aromatic rings. The highest BCUT2D eigenvalue weighted by molar-refractivity contribution is 8.77. The normalized spacial score (nSPS) is 16.6. The molecule has 0 spiro atoms. The van der Waals surface area contributed by atoms with Crippen molar-refractivity contribution in [1.82, 2.24) is 5.32 Å². The van der Waals surface area contributed by atoms with Crippen molar-refractivity contribution in [2.24, 2.45) is 0 Å². The summed E-state index contributed by atoms with van der Waals surface area (Å²) in [6.45, 7) is 6.33. The minimum atomic E-state index is -0.338. The molecule has 1 N–H and O–H groups in total. The van der Waals surface area contributed by atoms with E-state index < -0.39 is 0 Å². The molecule has 0 aromatic heterocycles. The minimum absolute atomic E-state index is 0.246. The predicted octanol–water partition coefficient (Wildman–Crippen LogP) is 13.2. The third-order valence-corrected chi connectivity index (χ3v) is 13.4. The average Bonchev–Trinajstić information content (AvgIpc) is 3.46. The molecule has 1 aliphatic heterocycles. The molecule has 3 nitrogen and oxygen atoms in total. The highest BCUT2D eigenvalue weighted by Crippen LogP contribution is 2.36. The zero-order valence-corrected chi connectivity index (χ0v) is 33.1. The molecule has 0 bridgehead atoms. The number of ether oxygens (including phenoxy) is 2. The maximum absolute atomic E-state index is 6.60. The second kappa shape index (κ2) is 34.6. The van der Waals surface area contributed by atoms with Gasteiger partial charge in [0.15, 0.2) is 5.79 Å². The Morgan fingerprint density at radius 3 is 1.56 bits per heavy atom. The number of hydrogen-bond donors (Lipinski definition) is 1. The number of allylic oxidation sites excluding steroid dienone is 4. The van der Waals surface area contributed by atoms with Gasteiger partial charge in [-0.05, 0) is 84.2 Å². The van der Waals surface area contributed by atoms with Gasteiger partial charge in [0.05, 0.1) is 12.7 Å². The third kappa shape index (κ3) is 28.3. The Hall–Kier alpha value is 0.760. The van der Waals surface area contributed by atoms with E-state index in [-0.39, 0.29) is 11.9 Å². The van der Waals surface area contributed by atoms with Gasteiger partial charge in [-0.15, -0.1) is 0 Å². The molecular weight excluding hydrogens is 631 g/mol. The molecule has 1 rings (SSSR count). The molecule has 0 saturated carbocycles. The topological polar surface area (TPSA) is 30.5 Å². The molecule has 0 radical (unpaired) electrons. The summed E-state index contributed by atoms with van der Waals surface area (Å²) >= 11 is 0.